The average molecular weight is 749 g/mol. The number of amides is 6. The molecule has 1 saturated heterocycles. The molecule has 4 N–H and O–H groups in total. The van der Waals surface area contributed by atoms with E-state index in [9.17, 15) is 33.6 Å². The molecule has 14 heteroatoms. The molecule has 294 valence electrons. The van der Waals surface area contributed by atoms with Crippen molar-refractivity contribution in [1.29, 1.82) is 0 Å². The van der Waals surface area contributed by atoms with Crippen LogP contribution in [0.2, 0.25) is 0 Å². The summed E-state index contributed by atoms with van der Waals surface area (Å²) in [5.41, 5.74) is 0.854. The number of carbonyl (C=O) groups excluding carboxylic acids is 7. The van der Waals surface area contributed by atoms with Crippen LogP contribution in [0, 0.1) is 11.3 Å². The third-order valence-electron chi connectivity index (χ3n) is 9.19. The molecule has 3 unspecified atom stereocenters. The Bertz CT molecular complexity index is 1630. The maximum atomic E-state index is 14.4. The van der Waals surface area contributed by atoms with Crippen LogP contribution < -0.4 is 21.3 Å². The largest absolute Gasteiger partial charge is 0.449 e. The van der Waals surface area contributed by atoms with Gasteiger partial charge >= 0.3 is 6.09 Å². The highest BCUT2D eigenvalue weighted by Crippen LogP contribution is 2.36. The molecule has 0 bridgehead atoms. The van der Waals surface area contributed by atoms with Crippen LogP contribution >= 0.6 is 0 Å². The molecule has 2 aromatic carbocycles. The van der Waals surface area contributed by atoms with Gasteiger partial charge in [0.2, 0.25) is 29.4 Å². The number of rotatable bonds is 17. The van der Waals surface area contributed by atoms with Crippen LogP contribution in [0.25, 0.3) is 0 Å². The number of ether oxygens (including phenoxy) is 1. The Hall–Kier alpha value is -5.27. The Morgan fingerprint density at radius 2 is 1.46 bits per heavy atom. The number of likely N-dealkylation sites (tertiary alicyclic amines) is 1. The Labute approximate surface area is 318 Å². The monoisotopic (exact) mass is 748 g/mol. The van der Waals surface area contributed by atoms with Gasteiger partial charge in [-0.1, -0.05) is 109 Å². The fourth-order valence-corrected chi connectivity index (χ4v) is 6.31. The van der Waals surface area contributed by atoms with Gasteiger partial charge in [-0.05, 0) is 35.3 Å². The highest BCUT2D eigenvalue weighted by Gasteiger charge is 2.47. The molecule has 0 saturated carbocycles. The van der Waals surface area contributed by atoms with E-state index < -0.39 is 77.6 Å². The fourth-order valence-electron chi connectivity index (χ4n) is 6.31. The van der Waals surface area contributed by atoms with Crippen LogP contribution in [0.1, 0.15) is 83.9 Å². The number of likely N-dealkylation sites (N-methyl/N-ethyl adjacent to an activating group) is 1. The Balaban J connectivity index is 1.75. The first-order valence-corrected chi connectivity index (χ1v) is 18.4. The first kappa shape index (κ1) is 43.1. The molecule has 0 spiro atoms. The van der Waals surface area contributed by atoms with Crippen molar-refractivity contribution in [2.75, 3.05) is 33.8 Å². The second-order valence-corrected chi connectivity index (χ2v) is 15.2. The standard InChI is InChI=1S/C40H56N6O8/c1-9-16-29(34(48)36(50)41-22-31(47)43-33(37(51)45(7)8)28-19-14-11-15-20-28)42-35(49)30-21-40(5,6)24-46(30)38(52)32(44-39(53)54-23-25(2)3)26(4)27-17-12-10-13-18-27/h10-15,17-20,25-26,29-30,32-33H,9,16,21-24H2,1-8H3,(H,41,50)(H,42,49)(H,43,47)(H,44,53)/t26?,29?,30-,32?,33-/m0/s1. The van der Waals surface area contributed by atoms with E-state index in [0.29, 0.717) is 12.0 Å². The zero-order valence-corrected chi connectivity index (χ0v) is 32.6. The maximum Gasteiger partial charge on any atom is 0.407 e. The maximum absolute atomic E-state index is 14.4. The number of alkyl carbamates (subject to hydrolysis) is 1. The molecule has 54 heavy (non-hydrogen) atoms. The molecule has 6 amide bonds. The summed E-state index contributed by atoms with van der Waals surface area (Å²) in [6, 6.07) is 13.5. The summed E-state index contributed by atoms with van der Waals surface area (Å²) in [5.74, 6) is -4.63. The minimum atomic E-state index is -1.23. The van der Waals surface area contributed by atoms with Crippen molar-refractivity contribution in [2.45, 2.75) is 90.9 Å². The van der Waals surface area contributed by atoms with Crippen LogP contribution in [0.3, 0.4) is 0 Å². The van der Waals surface area contributed by atoms with Gasteiger partial charge in [-0.15, -0.1) is 0 Å². The van der Waals surface area contributed by atoms with Crippen molar-refractivity contribution in [3.8, 4) is 0 Å². The van der Waals surface area contributed by atoms with Gasteiger partial charge in [0.25, 0.3) is 5.91 Å². The number of nitrogens with one attached hydrogen (secondary N) is 4. The fraction of sp³-hybridized carbons (Fsp3) is 0.525. The van der Waals surface area contributed by atoms with E-state index in [1.807, 2.05) is 65.0 Å². The van der Waals surface area contributed by atoms with E-state index in [-0.39, 0.29) is 37.8 Å². The number of ketones is 1. The SMILES string of the molecule is CCCC(NC(=O)[C@@H]1CC(C)(C)CN1C(=O)C(NC(=O)OCC(C)C)C(C)c1ccccc1)C(=O)C(=O)NCC(=O)N[C@H](C(=O)N(C)C)c1ccccc1. The summed E-state index contributed by atoms with van der Waals surface area (Å²) >= 11 is 0. The van der Waals surface area contributed by atoms with Crippen molar-refractivity contribution < 1.29 is 38.3 Å². The molecule has 1 aliphatic heterocycles. The molecule has 0 radical (unpaired) electrons. The molecule has 0 aliphatic carbocycles. The van der Waals surface area contributed by atoms with Gasteiger partial charge in [0.05, 0.1) is 19.2 Å². The van der Waals surface area contributed by atoms with E-state index in [2.05, 4.69) is 21.3 Å². The van der Waals surface area contributed by atoms with E-state index in [0.717, 1.165) is 5.56 Å². The second kappa shape index (κ2) is 19.7. The van der Waals surface area contributed by atoms with Crippen LogP contribution in [-0.4, -0.2) is 103 Å². The van der Waals surface area contributed by atoms with Crippen molar-refractivity contribution in [3.05, 3.63) is 71.8 Å². The normalized spacial score (nSPS) is 17.0. The molecule has 2 aromatic rings. The van der Waals surface area contributed by atoms with Crippen molar-refractivity contribution in [2.24, 2.45) is 11.3 Å². The van der Waals surface area contributed by atoms with E-state index in [1.165, 1.54) is 9.80 Å². The highest BCUT2D eigenvalue weighted by atomic mass is 16.5. The number of nitrogens with zero attached hydrogens (tertiary/aromatic N) is 2. The molecule has 5 atom stereocenters. The molecule has 14 nitrogen and oxygen atoms in total. The first-order chi connectivity index (χ1) is 25.4. The zero-order chi connectivity index (χ0) is 40.2. The lowest BCUT2D eigenvalue weighted by molar-refractivity contribution is -0.143. The number of Topliss-reactive ketones (excluding diaryl/α,β-unsaturated/α-hetero) is 1. The molecular formula is C40H56N6O8. The Morgan fingerprint density at radius 1 is 0.870 bits per heavy atom. The van der Waals surface area contributed by atoms with Crippen LogP contribution in [-0.2, 0) is 33.5 Å². The Kier molecular flexibility index (Phi) is 15.7. The predicted octanol–water partition coefficient (Wildman–Crippen LogP) is 3.08. The van der Waals surface area contributed by atoms with Gasteiger partial charge in [0.15, 0.2) is 0 Å². The summed E-state index contributed by atoms with van der Waals surface area (Å²) < 4.78 is 5.35. The number of benzene rings is 2. The molecule has 1 fully saturated rings. The zero-order valence-electron chi connectivity index (χ0n) is 32.6. The molecule has 1 aliphatic rings. The van der Waals surface area contributed by atoms with Crippen molar-refractivity contribution in [3.63, 3.8) is 0 Å². The minimum Gasteiger partial charge on any atom is -0.449 e. The Morgan fingerprint density at radius 3 is 2.02 bits per heavy atom. The van der Waals surface area contributed by atoms with E-state index >= 15 is 0 Å². The molecule has 3 rings (SSSR count). The summed E-state index contributed by atoms with van der Waals surface area (Å²) in [7, 11) is 3.11. The van der Waals surface area contributed by atoms with Gasteiger partial charge in [0.1, 0.15) is 18.1 Å². The molecule has 0 aromatic heterocycles. The van der Waals surface area contributed by atoms with Crippen LogP contribution in [0.5, 0.6) is 0 Å². The third kappa shape index (κ3) is 12.1. The lowest BCUT2D eigenvalue weighted by Gasteiger charge is -2.32. The number of hydrogen-bond acceptors (Lipinski definition) is 8. The van der Waals surface area contributed by atoms with Gasteiger partial charge in [-0.3, -0.25) is 28.8 Å². The third-order valence-corrected chi connectivity index (χ3v) is 9.19. The number of hydrogen-bond donors (Lipinski definition) is 4. The molecule has 1 heterocycles. The van der Waals surface area contributed by atoms with Gasteiger partial charge in [-0.2, -0.15) is 0 Å². The summed E-state index contributed by atoms with van der Waals surface area (Å²) in [5, 5.41) is 10.4. The van der Waals surface area contributed by atoms with Gasteiger partial charge < -0.3 is 35.8 Å². The predicted molar refractivity (Wildman–Crippen MR) is 203 cm³/mol. The topological polar surface area (TPSA) is 183 Å². The first-order valence-electron chi connectivity index (χ1n) is 18.4. The van der Waals surface area contributed by atoms with Crippen molar-refractivity contribution in [1.82, 2.24) is 31.1 Å². The summed E-state index contributed by atoms with van der Waals surface area (Å²) in [6.07, 6.45) is 0.0758. The number of carbonyl (C=O) groups is 7. The van der Waals surface area contributed by atoms with Crippen LogP contribution in [0.15, 0.2) is 60.7 Å². The van der Waals surface area contributed by atoms with E-state index in [1.54, 1.807) is 51.4 Å². The summed E-state index contributed by atoms with van der Waals surface area (Å²) in [6.45, 7) is 11.0. The van der Waals surface area contributed by atoms with E-state index in [4.69, 9.17) is 4.74 Å². The summed E-state index contributed by atoms with van der Waals surface area (Å²) in [4.78, 5) is 96.1. The quantitative estimate of drug-likeness (QED) is 0.178. The lowest BCUT2D eigenvalue weighted by atomic mass is 9.90. The molecular weight excluding hydrogens is 692 g/mol. The van der Waals surface area contributed by atoms with Crippen LogP contribution in [0.4, 0.5) is 4.79 Å². The second-order valence-electron chi connectivity index (χ2n) is 15.2. The van der Waals surface area contributed by atoms with Gasteiger partial charge in [0, 0.05) is 26.6 Å². The average Bonchev–Trinajstić information content (AvgIpc) is 3.48. The van der Waals surface area contributed by atoms with Gasteiger partial charge in [-0.25, -0.2) is 4.79 Å². The minimum absolute atomic E-state index is 0.0765. The lowest BCUT2D eigenvalue weighted by Crippen LogP contribution is -2.57. The van der Waals surface area contributed by atoms with Crippen molar-refractivity contribution >= 4 is 41.4 Å². The highest BCUT2D eigenvalue weighted by molar-refractivity contribution is 6.38. The smallest absolute Gasteiger partial charge is 0.407 e.